The summed E-state index contributed by atoms with van der Waals surface area (Å²) in [6, 6.07) is 5.23. The van der Waals surface area contributed by atoms with E-state index in [0.717, 1.165) is 17.1 Å². The van der Waals surface area contributed by atoms with Gasteiger partial charge in [0.15, 0.2) is 5.69 Å². The van der Waals surface area contributed by atoms with Crippen molar-refractivity contribution in [1.29, 1.82) is 0 Å². The Kier molecular flexibility index (Phi) is 5.93. The third kappa shape index (κ3) is 4.38. The van der Waals surface area contributed by atoms with Crippen molar-refractivity contribution in [3.63, 3.8) is 0 Å². The van der Waals surface area contributed by atoms with Crippen LogP contribution in [-0.4, -0.2) is 38.7 Å². The van der Waals surface area contributed by atoms with E-state index < -0.39 is 0 Å². The molecule has 0 radical (unpaired) electrons. The number of aliphatic hydroxyl groups is 1. The third-order valence-electron chi connectivity index (χ3n) is 2.81. The van der Waals surface area contributed by atoms with Crippen LogP contribution >= 0.6 is 34.7 Å². The molecule has 1 N–H and O–H groups in total. The second kappa shape index (κ2) is 7.70. The molecule has 0 atom stereocenters. The van der Waals surface area contributed by atoms with Crippen molar-refractivity contribution in [3.8, 4) is 0 Å². The standard InChI is InChI=1S/C13H13Cl2N3O2S/c14-10-3-2-9(6-11(10)15)7-18(4-1-5-19)13(20)12-8-21-17-16-12/h2-3,6,8,19H,1,4-5,7H2. The van der Waals surface area contributed by atoms with E-state index in [1.165, 1.54) is 0 Å². The molecule has 1 amide bonds. The predicted molar refractivity (Wildman–Crippen MR) is 82.8 cm³/mol. The first-order chi connectivity index (χ1) is 10.1. The van der Waals surface area contributed by atoms with E-state index in [1.807, 2.05) is 6.07 Å². The SMILES string of the molecule is O=C(c1csnn1)N(CCCO)Cc1ccc(Cl)c(Cl)c1. The van der Waals surface area contributed by atoms with Crippen LogP contribution in [0.2, 0.25) is 10.0 Å². The van der Waals surface area contributed by atoms with E-state index in [4.69, 9.17) is 28.3 Å². The molecular weight excluding hydrogens is 333 g/mol. The number of hydrogen-bond acceptors (Lipinski definition) is 5. The number of aromatic nitrogens is 2. The molecule has 0 spiro atoms. The lowest BCUT2D eigenvalue weighted by Gasteiger charge is -2.21. The Balaban J connectivity index is 2.15. The van der Waals surface area contributed by atoms with Crippen molar-refractivity contribution in [1.82, 2.24) is 14.5 Å². The van der Waals surface area contributed by atoms with Gasteiger partial charge in [-0.1, -0.05) is 33.8 Å². The van der Waals surface area contributed by atoms with Crippen molar-refractivity contribution in [2.75, 3.05) is 13.2 Å². The molecule has 5 nitrogen and oxygen atoms in total. The number of hydrogen-bond donors (Lipinski definition) is 1. The molecular formula is C13H13Cl2N3O2S. The van der Waals surface area contributed by atoms with Gasteiger partial charge in [0.05, 0.1) is 10.0 Å². The molecule has 0 unspecified atom stereocenters. The van der Waals surface area contributed by atoms with Crippen molar-refractivity contribution >= 4 is 40.6 Å². The van der Waals surface area contributed by atoms with E-state index in [9.17, 15) is 4.79 Å². The summed E-state index contributed by atoms with van der Waals surface area (Å²) >= 11 is 13.0. The number of halogens is 2. The molecule has 1 aromatic heterocycles. The average molecular weight is 346 g/mol. The molecule has 1 heterocycles. The van der Waals surface area contributed by atoms with Gasteiger partial charge >= 0.3 is 0 Å². The summed E-state index contributed by atoms with van der Waals surface area (Å²) in [5.41, 5.74) is 1.16. The Morgan fingerprint density at radius 1 is 1.33 bits per heavy atom. The van der Waals surface area contributed by atoms with E-state index in [1.54, 1.807) is 22.4 Å². The number of carbonyl (C=O) groups is 1. The molecule has 112 valence electrons. The monoisotopic (exact) mass is 345 g/mol. The molecule has 2 aromatic rings. The second-order valence-corrected chi connectivity index (χ2v) is 5.77. The van der Waals surface area contributed by atoms with Gasteiger partial charge in [0.25, 0.3) is 5.91 Å². The zero-order valence-electron chi connectivity index (χ0n) is 11.0. The lowest BCUT2D eigenvalue weighted by molar-refractivity contribution is 0.0726. The number of benzene rings is 1. The van der Waals surface area contributed by atoms with Crippen LogP contribution in [0.15, 0.2) is 23.6 Å². The zero-order chi connectivity index (χ0) is 15.2. The van der Waals surface area contributed by atoms with Crippen LogP contribution in [0, 0.1) is 0 Å². The highest BCUT2D eigenvalue weighted by atomic mass is 35.5. The number of rotatable bonds is 6. The van der Waals surface area contributed by atoms with Crippen molar-refractivity contribution in [3.05, 3.63) is 44.9 Å². The molecule has 1 aromatic carbocycles. The summed E-state index contributed by atoms with van der Waals surface area (Å²) in [6.45, 7) is 0.806. The maximum atomic E-state index is 12.4. The minimum absolute atomic E-state index is 0.0144. The molecule has 2 rings (SSSR count). The predicted octanol–water partition coefficient (Wildman–Crippen LogP) is 2.87. The number of carbonyl (C=O) groups excluding carboxylic acids is 1. The summed E-state index contributed by atoms with van der Waals surface area (Å²) in [4.78, 5) is 14.0. The van der Waals surface area contributed by atoms with Gasteiger partial charge in [-0.15, -0.1) is 5.10 Å². The van der Waals surface area contributed by atoms with Crippen molar-refractivity contribution in [2.45, 2.75) is 13.0 Å². The van der Waals surface area contributed by atoms with Gasteiger partial charge < -0.3 is 10.0 Å². The molecule has 21 heavy (non-hydrogen) atoms. The van der Waals surface area contributed by atoms with Crippen LogP contribution in [0.1, 0.15) is 22.5 Å². The van der Waals surface area contributed by atoms with Crippen molar-refractivity contribution < 1.29 is 9.90 Å². The molecule has 0 aliphatic carbocycles. The van der Waals surface area contributed by atoms with Gasteiger partial charge in [-0.05, 0) is 35.6 Å². The Morgan fingerprint density at radius 2 is 2.14 bits per heavy atom. The van der Waals surface area contributed by atoms with E-state index in [-0.39, 0.29) is 12.5 Å². The fourth-order valence-electron chi connectivity index (χ4n) is 1.79. The van der Waals surface area contributed by atoms with Crippen LogP contribution in [0.3, 0.4) is 0 Å². The molecule has 0 aliphatic heterocycles. The Labute approximate surface area is 136 Å². The highest BCUT2D eigenvalue weighted by Gasteiger charge is 2.18. The summed E-state index contributed by atoms with van der Waals surface area (Å²) in [5, 5.41) is 15.3. The minimum atomic E-state index is -0.219. The minimum Gasteiger partial charge on any atom is -0.396 e. The number of amides is 1. The van der Waals surface area contributed by atoms with Crippen LogP contribution < -0.4 is 0 Å². The summed E-state index contributed by atoms with van der Waals surface area (Å²) < 4.78 is 3.69. The van der Waals surface area contributed by atoms with E-state index in [2.05, 4.69) is 9.59 Å². The Hall–Kier alpha value is -1.21. The number of nitrogens with zero attached hydrogens (tertiary/aromatic N) is 3. The first-order valence-corrected chi connectivity index (χ1v) is 7.82. The van der Waals surface area contributed by atoms with Gasteiger partial charge in [0.1, 0.15) is 0 Å². The maximum absolute atomic E-state index is 12.4. The maximum Gasteiger partial charge on any atom is 0.275 e. The fraction of sp³-hybridized carbons (Fsp3) is 0.308. The Morgan fingerprint density at radius 3 is 2.76 bits per heavy atom. The summed E-state index contributed by atoms with van der Waals surface area (Å²) in [7, 11) is 0. The van der Waals surface area contributed by atoms with Crippen LogP contribution in [-0.2, 0) is 6.54 Å². The third-order valence-corrected chi connectivity index (χ3v) is 4.05. The molecule has 0 saturated carbocycles. The van der Waals surface area contributed by atoms with E-state index in [0.29, 0.717) is 35.2 Å². The van der Waals surface area contributed by atoms with E-state index >= 15 is 0 Å². The Bertz CT molecular complexity index is 607. The van der Waals surface area contributed by atoms with Crippen LogP contribution in [0.25, 0.3) is 0 Å². The highest BCUT2D eigenvalue weighted by Crippen LogP contribution is 2.23. The largest absolute Gasteiger partial charge is 0.396 e. The first kappa shape index (κ1) is 16.2. The number of aliphatic hydroxyl groups excluding tert-OH is 1. The fourth-order valence-corrected chi connectivity index (χ4v) is 2.54. The normalized spacial score (nSPS) is 10.6. The van der Waals surface area contributed by atoms with Gasteiger partial charge in [0, 0.05) is 25.1 Å². The molecule has 0 bridgehead atoms. The average Bonchev–Trinajstić information content (AvgIpc) is 3.00. The van der Waals surface area contributed by atoms with Gasteiger partial charge in [-0.2, -0.15) is 0 Å². The van der Waals surface area contributed by atoms with Gasteiger partial charge in [-0.3, -0.25) is 4.79 Å². The molecule has 0 fully saturated rings. The summed E-state index contributed by atoms with van der Waals surface area (Å²) in [5.74, 6) is -0.219. The van der Waals surface area contributed by atoms with Gasteiger partial charge in [-0.25, -0.2) is 0 Å². The lowest BCUT2D eigenvalue weighted by atomic mass is 10.2. The lowest BCUT2D eigenvalue weighted by Crippen LogP contribution is -2.32. The quantitative estimate of drug-likeness (QED) is 0.873. The smallest absolute Gasteiger partial charge is 0.275 e. The molecule has 0 aliphatic rings. The highest BCUT2D eigenvalue weighted by molar-refractivity contribution is 7.03. The second-order valence-electron chi connectivity index (χ2n) is 4.34. The molecule has 8 heteroatoms. The topological polar surface area (TPSA) is 66.3 Å². The zero-order valence-corrected chi connectivity index (χ0v) is 13.3. The van der Waals surface area contributed by atoms with Gasteiger partial charge in [0.2, 0.25) is 0 Å². The summed E-state index contributed by atoms with van der Waals surface area (Å²) in [6.07, 6.45) is 0.491. The van der Waals surface area contributed by atoms with Crippen molar-refractivity contribution in [2.24, 2.45) is 0 Å². The van der Waals surface area contributed by atoms with Crippen LogP contribution in [0.5, 0.6) is 0 Å². The van der Waals surface area contributed by atoms with Crippen LogP contribution in [0.4, 0.5) is 0 Å². The first-order valence-electron chi connectivity index (χ1n) is 6.23. The molecule has 0 saturated heterocycles.